The predicted molar refractivity (Wildman–Crippen MR) is 75.5 cm³/mol. The van der Waals surface area contributed by atoms with Crippen molar-refractivity contribution in [3.63, 3.8) is 0 Å². The predicted octanol–water partition coefficient (Wildman–Crippen LogP) is 3.43. The molecular formula is C16H14N2O. The number of rotatable bonds is 2. The van der Waals surface area contributed by atoms with Crippen LogP contribution in [0.4, 0.5) is 0 Å². The van der Waals surface area contributed by atoms with Crippen LogP contribution in [0.2, 0.25) is 0 Å². The molecule has 0 N–H and O–H groups in total. The number of imidazole rings is 1. The van der Waals surface area contributed by atoms with E-state index in [9.17, 15) is 4.79 Å². The topological polar surface area (TPSA) is 34.4 Å². The Morgan fingerprint density at radius 3 is 2.74 bits per heavy atom. The van der Waals surface area contributed by atoms with Crippen molar-refractivity contribution in [3.05, 3.63) is 59.4 Å². The highest BCUT2D eigenvalue weighted by Gasteiger charge is 2.10. The summed E-state index contributed by atoms with van der Waals surface area (Å²) >= 11 is 0. The zero-order chi connectivity index (χ0) is 13.4. The Hall–Kier alpha value is -2.42. The molecule has 0 fully saturated rings. The number of carbonyl (C=O) groups is 1. The van der Waals surface area contributed by atoms with Crippen LogP contribution in [-0.2, 0) is 0 Å². The largest absolute Gasteiger partial charge is 0.296 e. The molecule has 0 saturated carbocycles. The third-order valence-electron chi connectivity index (χ3n) is 3.34. The Balaban J connectivity index is 2.35. The third-order valence-corrected chi connectivity index (χ3v) is 3.34. The van der Waals surface area contributed by atoms with Crippen LogP contribution in [0.1, 0.15) is 21.6 Å². The maximum Gasteiger partial charge on any atom is 0.168 e. The number of fused-ring (bicyclic) bond motifs is 1. The highest BCUT2D eigenvalue weighted by Crippen LogP contribution is 2.25. The van der Waals surface area contributed by atoms with E-state index in [1.54, 1.807) is 6.20 Å². The normalized spacial score (nSPS) is 10.8. The van der Waals surface area contributed by atoms with Crippen molar-refractivity contribution in [1.82, 2.24) is 9.38 Å². The fraction of sp³-hybridized carbons (Fsp3) is 0.125. The highest BCUT2D eigenvalue weighted by atomic mass is 16.1. The van der Waals surface area contributed by atoms with Crippen LogP contribution in [0.5, 0.6) is 0 Å². The maximum atomic E-state index is 11.1. The molecule has 1 aromatic carbocycles. The van der Waals surface area contributed by atoms with Crippen LogP contribution < -0.4 is 0 Å². The number of aldehydes is 1. The molecule has 2 aromatic heterocycles. The van der Waals surface area contributed by atoms with Gasteiger partial charge in [0.15, 0.2) is 6.29 Å². The highest BCUT2D eigenvalue weighted by molar-refractivity contribution is 5.77. The summed E-state index contributed by atoms with van der Waals surface area (Å²) in [6, 6.07) is 12.2. The molecule has 94 valence electrons. The molecule has 0 unspecified atom stereocenters. The van der Waals surface area contributed by atoms with Crippen LogP contribution in [0, 0.1) is 13.8 Å². The van der Waals surface area contributed by atoms with Gasteiger partial charge < -0.3 is 0 Å². The summed E-state index contributed by atoms with van der Waals surface area (Å²) in [5.41, 5.74) is 5.91. The van der Waals surface area contributed by atoms with Crippen LogP contribution in [0.3, 0.4) is 0 Å². The molecular weight excluding hydrogens is 236 g/mol. The molecule has 3 heteroatoms. The minimum Gasteiger partial charge on any atom is -0.296 e. The summed E-state index contributed by atoms with van der Waals surface area (Å²) in [4.78, 5) is 15.4. The fourth-order valence-electron chi connectivity index (χ4n) is 2.45. The lowest BCUT2D eigenvalue weighted by atomic mass is 10.0. The van der Waals surface area contributed by atoms with Gasteiger partial charge in [-0.25, -0.2) is 4.98 Å². The first-order chi connectivity index (χ1) is 9.20. The minimum absolute atomic E-state index is 0.575. The molecule has 0 saturated heterocycles. The van der Waals surface area contributed by atoms with E-state index in [2.05, 4.69) is 37.0 Å². The van der Waals surface area contributed by atoms with Crippen molar-refractivity contribution >= 4 is 11.9 Å². The number of aromatic nitrogens is 2. The average molecular weight is 250 g/mol. The number of pyridine rings is 1. The van der Waals surface area contributed by atoms with Gasteiger partial charge in [-0.1, -0.05) is 29.8 Å². The van der Waals surface area contributed by atoms with E-state index < -0.39 is 0 Å². The molecule has 3 rings (SSSR count). The lowest BCUT2D eigenvalue weighted by Crippen LogP contribution is -1.97. The second-order valence-electron chi connectivity index (χ2n) is 4.72. The third kappa shape index (κ3) is 1.83. The molecule has 0 atom stereocenters. The van der Waals surface area contributed by atoms with E-state index in [1.165, 1.54) is 11.1 Å². The molecule has 0 aliphatic carbocycles. The molecule has 0 amide bonds. The first-order valence-electron chi connectivity index (χ1n) is 6.20. The summed E-state index contributed by atoms with van der Waals surface area (Å²) < 4.78 is 1.89. The minimum atomic E-state index is 0.575. The van der Waals surface area contributed by atoms with Gasteiger partial charge in [0.25, 0.3) is 0 Å². The van der Waals surface area contributed by atoms with Gasteiger partial charge in [0.1, 0.15) is 11.3 Å². The molecule has 0 aliphatic rings. The van der Waals surface area contributed by atoms with Crippen molar-refractivity contribution in [2.24, 2.45) is 0 Å². The van der Waals surface area contributed by atoms with Crippen LogP contribution in [-0.4, -0.2) is 15.7 Å². The number of aryl methyl sites for hydroxylation is 2. The van der Waals surface area contributed by atoms with Gasteiger partial charge in [-0.3, -0.25) is 9.20 Å². The molecule has 3 aromatic rings. The van der Waals surface area contributed by atoms with Gasteiger partial charge in [-0.05, 0) is 31.5 Å². The van der Waals surface area contributed by atoms with Crippen molar-refractivity contribution in [2.75, 3.05) is 0 Å². The Bertz CT molecular complexity index is 772. The average Bonchev–Trinajstić information content (AvgIpc) is 2.82. The van der Waals surface area contributed by atoms with Gasteiger partial charge in [0.2, 0.25) is 0 Å². The first-order valence-corrected chi connectivity index (χ1v) is 6.20. The number of hydrogen-bond acceptors (Lipinski definition) is 2. The molecule has 2 heterocycles. The SMILES string of the molecule is Cc1ccc(-c2cccc3ncc(C=O)n23)c(C)c1. The van der Waals surface area contributed by atoms with E-state index in [0.29, 0.717) is 5.69 Å². The Morgan fingerprint density at radius 2 is 2.00 bits per heavy atom. The van der Waals surface area contributed by atoms with Crippen LogP contribution in [0.25, 0.3) is 16.9 Å². The van der Waals surface area contributed by atoms with Crippen molar-refractivity contribution in [2.45, 2.75) is 13.8 Å². The van der Waals surface area contributed by atoms with Crippen molar-refractivity contribution in [1.29, 1.82) is 0 Å². The quantitative estimate of drug-likeness (QED) is 0.653. The molecule has 19 heavy (non-hydrogen) atoms. The Kier molecular flexibility index (Phi) is 2.67. The fourth-order valence-corrected chi connectivity index (χ4v) is 2.45. The van der Waals surface area contributed by atoms with Gasteiger partial charge in [0.05, 0.1) is 11.9 Å². The van der Waals surface area contributed by atoms with Crippen LogP contribution in [0.15, 0.2) is 42.6 Å². The van der Waals surface area contributed by atoms with Crippen LogP contribution >= 0.6 is 0 Å². The van der Waals surface area contributed by atoms with Crippen molar-refractivity contribution < 1.29 is 4.79 Å². The van der Waals surface area contributed by atoms with Gasteiger partial charge in [-0.2, -0.15) is 0 Å². The lowest BCUT2D eigenvalue weighted by molar-refractivity contribution is 0.111. The molecule has 0 aliphatic heterocycles. The molecule has 0 bridgehead atoms. The molecule has 0 radical (unpaired) electrons. The maximum absolute atomic E-state index is 11.1. The summed E-state index contributed by atoms with van der Waals surface area (Å²) in [6.45, 7) is 4.16. The number of benzene rings is 1. The van der Waals surface area contributed by atoms with E-state index in [-0.39, 0.29) is 0 Å². The van der Waals surface area contributed by atoms with Gasteiger partial charge in [-0.15, -0.1) is 0 Å². The van der Waals surface area contributed by atoms with E-state index in [0.717, 1.165) is 23.2 Å². The second-order valence-corrected chi connectivity index (χ2v) is 4.72. The second kappa shape index (κ2) is 4.35. The van der Waals surface area contributed by atoms with Gasteiger partial charge >= 0.3 is 0 Å². The Morgan fingerprint density at radius 1 is 1.16 bits per heavy atom. The summed E-state index contributed by atoms with van der Waals surface area (Å²) in [7, 11) is 0. The van der Waals surface area contributed by atoms with E-state index in [4.69, 9.17) is 0 Å². The first kappa shape index (κ1) is 11.7. The number of carbonyl (C=O) groups excluding carboxylic acids is 1. The zero-order valence-electron chi connectivity index (χ0n) is 10.9. The lowest BCUT2D eigenvalue weighted by Gasteiger charge is -2.10. The monoisotopic (exact) mass is 250 g/mol. The summed E-state index contributed by atoms with van der Waals surface area (Å²) in [6.07, 6.45) is 2.45. The molecule has 0 spiro atoms. The van der Waals surface area contributed by atoms with E-state index >= 15 is 0 Å². The summed E-state index contributed by atoms with van der Waals surface area (Å²) in [5, 5.41) is 0. The number of nitrogens with zero attached hydrogens (tertiary/aromatic N) is 2. The summed E-state index contributed by atoms with van der Waals surface area (Å²) in [5.74, 6) is 0. The standard InChI is InChI=1S/C16H14N2O/c1-11-6-7-14(12(2)8-11)15-4-3-5-16-17-9-13(10-19)18(15)16/h3-10H,1-2H3. The number of hydrogen-bond donors (Lipinski definition) is 0. The van der Waals surface area contributed by atoms with Crippen molar-refractivity contribution in [3.8, 4) is 11.3 Å². The Labute approximate surface area is 111 Å². The molecule has 3 nitrogen and oxygen atoms in total. The van der Waals surface area contributed by atoms with E-state index in [1.807, 2.05) is 22.6 Å². The zero-order valence-corrected chi connectivity index (χ0v) is 10.9. The van der Waals surface area contributed by atoms with Gasteiger partial charge in [0, 0.05) is 5.56 Å². The smallest absolute Gasteiger partial charge is 0.168 e.